The Labute approximate surface area is 146 Å². The third-order valence-corrected chi connectivity index (χ3v) is 3.67. The first-order chi connectivity index (χ1) is 3.35. The van der Waals surface area contributed by atoms with Gasteiger partial charge in [-0.25, -0.2) is 0 Å². The molecule has 0 aliphatic carbocycles. The molecule has 0 saturated carbocycles. The van der Waals surface area contributed by atoms with Crippen molar-refractivity contribution in [3.8, 4) is 0 Å². The molecule has 0 saturated heterocycles. The topological polar surface area (TPSA) is 0 Å². The SMILES string of the molecule is CC[S+](CC)CC.[Hg+2].[I-].[I-].[I-]. The van der Waals surface area contributed by atoms with Crippen molar-refractivity contribution in [2.24, 2.45) is 0 Å². The molecule has 0 unspecified atom stereocenters. The second-order valence-electron chi connectivity index (χ2n) is 1.48. The van der Waals surface area contributed by atoms with Crippen LogP contribution in [-0.2, 0) is 38.6 Å². The second kappa shape index (κ2) is 23.4. The predicted molar refractivity (Wildman–Crippen MR) is 39.0 cm³/mol. The zero-order valence-corrected chi connectivity index (χ0v) is 20.2. The van der Waals surface area contributed by atoms with Gasteiger partial charge in [-0.05, 0) is 31.7 Å². The summed E-state index contributed by atoms with van der Waals surface area (Å²) in [6.45, 7) is 6.82. The van der Waals surface area contributed by atoms with Crippen LogP contribution in [0.25, 0.3) is 0 Å². The van der Waals surface area contributed by atoms with Crippen molar-refractivity contribution in [3.05, 3.63) is 0 Å². The van der Waals surface area contributed by atoms with Gasteiger partial charge in [-0.3, -0.25) is 0 Å². The molecule has 0 aliphatic rings. The van der Waals surface area contributed by atoms with E-state index in [0.717, 1.165) is 10.9 Å². The first-order valence-electron chi connectivity index (χ1n) is 2.99. The Morgan fingerprint density at radius 1 is 0.727 bits per heavy atom. The maximum atomic E-state index is 2.27. The fourth-order valence-electron chi connectivity index (χ4n) is 0.612. The van der Waals surface area contributed by atoms with E-state index in [9.17, 15) is 0 Å². The third kappa shape index (κ3) is 19.8. The molecule has 0 nitrogen and oxygen atoms in total. The Morgan fingerprint density at radius 3 is 0.909 bits per heavy atom. The van der Waals surface area contributed by atoms with Crippen molar-refractivity contribution in [1.82, 2.24) is 0 Å². The number of hydrogen-bond acceptors (Lipinski definition) is 0. The zero-order chi connectivity index (χ0) is 5.70. The van der Waals surface area contributed by atoms with Crippen LogP contribution in [0.2, 0.25) is 0 Å². The first kappa shape index (κ1) is 29.3. The minimum absolute atomic E-state index is 0. The van der Waals surface area contributed by atoms with Crippen molar-refractivity contribution in [2.45, 2.75) is 20.8 Å². The molecule has 0 heterocycles. The van der Waals surface area contributed by atoms with Crippen LogP contribution in [0, 0.1) is 0 Å². The summed E-state index contributed by atoms with van der Waals surface area (Å²) >= 11 is 0. The largest absolute Gasteiger partial charge is 2.00 e. The summed E-state index contributed by atoms with van der Waals surface area (Å²) in [6, 6.07) is 0. The van der Waals surface area contributed by atoms with E-state index in [1.54, 1.807) is 0 Å². The molecule has 0 radical (unpaired) electrons. The van der Waals surface area contributed by atoms with E-state index in [4.69, 9.17) is 0 Å². The first-order valence-corrected chi connectivity index (χ1v) is 4.72. The van der Waals surface area contributed by atoms with Gasteiger partial charge in [-0.15, -0.1) is 0 Å². The normalized spacial score (nSPS) is 6.55. The van der Waals surface area contributed by atoms with E-state index in [0.29, 0.717) is 0 Å². The molecule has 0 aliphatic heterocycles. The van der Waals surface area contributed by atoms with Crippen molar-refractivity contribution in [1.29, 1.82) is 0 Å². The van der Waals surface area contributed by atoms with E-state index < -0.39 is 0 Å². The Kier molecular flexibility index (Phi) is 62.2. The summed E-state index contributed by atoms with van der Waals surface area (Å²) in [4.78, 5) is 0. The van der Waals surface area contributed by atoms with Gasteiger partial charge in [0.25, 0.3) is 0 Å². The van der Waals surface area contributed by atoms with Crippen molar-refractivity contribution >= 4 is 10.9 Å². The van der Waals surface area contributed by atoms with Gasteiger partial charge >= 0.3 is 27.7 Å². The molecule has 11 heavy (non-hydrogen) atoms. The van der Waals surface area contributed by atoms with E-state index in [-0.39, 0.29) is 99.6 Å². The minimum Gasteiger partial charge on any atom is -1.00 e. The summed E-state index contributed by atoms with van der Waals surface area (Å²) in [5.74, 6) is 4.15. The summed E-state index contributed by atoms with van der Waals surface area (Å²) in [5, 5.41) is 0. The molecule has 0 aromatic heterocycles. The van der Waals surface area contributed by atoms with Gasteiger partial charge in [0.2, 0.25) is 0 Å². The smallest absolute Gasteiger partial charge is 1.00 e. The van der Waals surface area contributed by atoms with Gasteiger partial charge in [0.15, 0.2) is 0 Å². The van der Waals surface area contributed by atoms with Crippen LogP contribution in [-0.4, -0.2) is 17.3 Å². The molecule has 0 rings (SSSR count). The summed E-state index contributed by atoms with van der Waals surface area (Å²) in [6.07, 6.45) is 0. The van der Waals surface area contributed by atoms with Crippen molar-refractivity contribution in [2.75, 3.05) is 17.3 Å². The Hall–Kier alpha value is 3.48. The van der Waals surface area contributed by atoms with Gasteiger partial charge in [0.1, 0.15) is 17.3 Å². The van der Waals surface area contributed by atoms with Gasteiger partial charge in [0, 0.05) is 0 Å². The van der Waals surface area contributed by atoms with Crippen LogP contribution in [0.5, 0.6) is 0 Å². The molecular weight excluding hydrogens is 685 g/mol. The summed E-state index contributed by atoms with van der Waals surface area (Å²) < 4.78 is 0. The fourth-order valence-corrected chi connectivity index (χ4v) is 1.84. The molecule has 0 spiro atoms. The Bertz CT molecular complexity index is 39.3. The molecule has 0 aromatic rings. The zero-order valence-electron chi connectivity index (χ0n) is 7.37. The van der Waals surface area contributed by atoms with Crippen LogP contribution in [0.3, 0.4) is 0 Å². The molecule has 0 N–H and O–H groups in total. The average Bonchev–Trinajstić information content (AvgIpc) is 1.72. The molecule has 68 valence electrons. The summed E-state index contributed by atoms with van der Waals surface area (Å²) in [7, 11) is 0.755. The van der Waals surface area contributed by atoms with Crippen LogP contribution < -0.4 is 71.9 Å². The van der Waals surface area contributed by atoms with Crippen LogP contribution in [0.15, 0.2) is 0 Å². The quantitative estimate of drug-likeness (QED) is 0.156. The van der Waals surface area contributed by atoms with Crippen LogP contribution in [0.4, 0.5) is 0 Å². The molecule has 0 fully saturated rings. The van der Waals surface area contributed by atoms with Gasteiger partial charge in [-0.2, -0.15) is 0 Å². The van der Waals surface area contributed by atoms with Crippen LogP contribution in [0.1, 0.15) is 20.8 Å². The number of hydrogen-bond donors (Lipinski definition) is 0. The second-order valence-corrected chi connectivity index (χ2v) is 4.44. The van der Waals surface area contributed by atoms with Crippen LogP contribution >= 0.6 is 0 Å². The monoisotopic (exact) mass is 702 g/mol. The Balaban J connectivity index is -0.0000000300. The standard InChI is InChI=1S/C6H15S.Hg.3HI/c1-4-7(5-2)6-3;;;;/h4-6H2,1-3H3;;3*1H/q+1;+2;;;/p-3. The summed E-state index contributed by atoms with van der Waals surface area (Å²) in [5.41, 5.74) is 0. The van der Waals surface area contributed by atoms with Crippen molar-refractivity contribution < 1.29 is 99.6 Å². The van der Waals surface area contributed by atoms with E-state index in [1.807, 2.05) is 0 Å². The minimum atomic E-state index is 0. The molecular formula is C6H15HgI3S. The molecule has 0 atom stereocenters. The third-order valence-electron chi connectivity index (χ3n) is 1.22. The molecule has 5 heteroatoms. The van der Waals surface area contributed by atoms with E-state index in [1.165, 1.54) is 17.3 Å². The van der Waals surface area contributed by atoms with Gasteiger partial charge < -0.3 is 71.9 Å². The maximum absolute atomic E-state index is 2.27. The molecule has 0 amide bonds. The maximum Gasteiger partial charge on any atom is 2.00 e. The van der Waals surface area contributed by atoms with Gasteiger partial charge in [0.05, 0.1) is 0 Å². The van der Waals surface area contributed by atoms with Crippen molar-refractivity contribution in [3.63, 3.8) is 0 Å². The number of halogens is 3. The molecule has 0 aromatic carbocycles. The predicted octanol–water partition coefficient (Wildman–Crippen LogP) is -7.33. The molecule has 0 bridgehead atoms. The van der Waals surface area contributed by atoms with E-state index in [2.05, 4.69) is 20.8 Å². The van der Waals surface area contributed by atoms with E-state index >= 15 is 0 Å². The Morgan fingerprint density at radius 2 is 0.909 bits per heavy atom. The van der Waals surface area contributed by atoms with Gasteiger partial charge in [-0.1, -0.05) is 0 Å². The number of rotatable bonds is 3. The average molecular weight is 701 g/mol. The fraction of sp³-hybridized carbons (Fsp3) is 1.00.